The van der Waals surface area contributed by atoms with Crippen LogP contribution in [0.25, 0.3) is 6.08 Å². The minimum absolute atomic E-state index is 0.220. The molecule has 1 atom stereocenters. The highest BCUT2D eigenvalue weighted by Gasteiger charge is 2.33. The van der Waals surface area contributed by atoms with E-state index < -0.39 is 12.0 Å². The number of thiazole rings is 1. The highest BCUT2D eigenvalue weighted by atomic mass is 32.1. The molecule has 2 heterocycles. The summed E-state index contributed by atoms with van der Waals surface area (Å²) < 4.78 is 18.3. The molecule has 4 rings (SSSR count). The first-order valence-electron chi connectivity index (χ1n) is 11.6. The van der Waals surface area contributed by atoms with E-state index in [1.54, 1.807) is 31.6 Å². The van der Waals surface area contributed by atoms with Crippen molar-refractivity contribution in [2.75, 3.05) is 20.3 Å². The Morgan fingerprint density at radius 2 is 1.89 bits per heavy atom. The van der Waals surface area contributed by atoms with E-state index in [0.717, 1.165) is 22.4 Å². The van der Waals surface area contributed by atoms with E-state index in [1.165, 1.54) is 11.3 Å². The number of aromatic nitrogens is 1. The van der Waals surface area contributed by atoms with Crippen LogP contribution in [0.5, 0.6) is 11.5 Å². The minimum Gasteiger partial charge on any atom is -0.497 e. The minimum atomic E-state index is -0.673. The summed E-state index contributed by atoms with van der Waals surface area (Å²) >= 11 is 1.29. The fourth-order valence-electron chi connectivity index (χ4n) is 4.09. The van der Waals surface area contributed by atoms with E-state index >= 15 is 0 Å². The molecule has 36 heavy (non-hydrogen) atoms. The maximum absolute atomic E-state index is 13.7. The molecule has 3 aromatic rings. The molecule has 0 amide bonds. The van der Waals surface area contributed by atoms with Crippen LogP contribution in [0.2, 0.25) is 0 Å². The molecule has 1 aliphatic heterocycles. The van der Waals surface area contributed by atoms with Gasteiger partial charge in [-0.1, -0.05) is 42.2 Å². The van der Waals surface area contributed by atoms with Crippen molar-refractivity contribution in [3.8, 4) is 11.5 Å². The molecule has 0 saturated carbocycles. The topological polar surface area (TPSA) is 79.1 Å². The molecule has 186 valence electrons. The van der Waals surface area contributed by atoms with Crippen molar-refractivity contribution in [3.05, 3.63) is 103 Å². The van der Waals surface area contributed by atoms with Crippen LogP contribution in [0.4, 0.5) is 0 Å². The number of nitrogens with zero attached hydrogens (tertiary/aromatic N) is 2. The molecule has 0 bridgehead atoms. The molecule has 1 unspecified atom stereocenters. The van der Waals surface area contributed by atoms with Crippen molar-refractivity contribution in [2.45, 2.75) is 26.8 Å². The van der Waals surface area contributed by atoms with E-state index in [9.17, 15) is 9.59 Å². The second kappa shape index (κ2) is 10.8. The number of rotatable bonds is 8. The van der Waals surface area contributed by atoms with Crippen molar-refractivity contribution in [2.24, 2.45) is 4.99 Å². The second-order valence-electron chi connectivity index (χ2n) is 8.19. The number of ether oxygens (including phenoxy) is 3. The van der Waals surface area contributed by atoms with Gasteiger partial charge in [0.25, 0.3) is 5.56 Å². The molecule has 1 aromatic heterocycles. The van der Waals surface area contributed by atoms with E-state index in [2.05, 4.69) is 11.6 Å². The number of carbonyl (C=O) groups excluding carboxylic acids is 1. The second-order valence-corrected chi connectivity index (χ2v) is 9.20. The normalized spacial score (nSPS) is 15.2. The smallest absolute Gasteiger partial charge is 0.338 e. The highest BCUT2D eigenvalue weighted by Crippen LogP contribution is 2.31. The van der Waals surface area contributed by atoms with Gasteiger partial charge in [0.15, 0.2) is 4.80 Å². The Labute approximate surface area is 213 Å². The lowest BCUT2D eigenvalue weighted by molar-refractivity contribution is -0.139. The summed E-state index contributed by atoms with van der Waals surface area (Å²) in [7, 11) is 1.62. The zero-order valence-electron chi connectivity index (χ0n) is 20.7. The van der Waals surface area contributed by atoms with E-state index in [0.29, 0.717) is 33.0 Å². The Balaban J connectivity index is 1.88. The number of esters is 1. The van der Waals surface area contributed by atoms with Gasteiger partial charge < -0.3 is 14.2 Å². The predicted molar refractivity (Wildman–Crippen MR) is 140 cm³/mol. The summed E-state index contributed by atoms with van der Waals surface area (Å²) in [6, 6.07) is 12.4. The highest BCUT2D eigenvalue weighted by molar-refractivity contribution is 7.07. The van der Waals surface area contributed by atoms with Gasteiger partial charge in [-0.25, -0.2) is 9.79 Å². The van der Waals surface area contributed by atoms with Gasteiger partial charge in [0, 0.05) is 0 Å². The summed E-state index contributed by atoms with van der Waals surface area (Å²) in [5, 5.41) is 0. The molecule has 7 nitrogen and oxygen atoms in total. The first kappa shape index (κ1) is 25.2. The number of methoxy groups -OCH3 is 1. The molecule has 0 radical (unpaired) electrons. The average Bonchev–Trinajstić information content (AvgIpc) is 3.17. The SMILES string of the molecule is C=CCOc1ccc(C2C(C(=O)OCC)=C(C)N=c3s/c(=C\c4ccc(OC)cc4C)c(=O)n32)cc1. The van der Waals surface area contributed by atoms with Gasteiger partial charge in [-0.3, -0.25) is 9.36 Å². The monoisotopic (exact) mass is 504 g/mol. The third kappa shape index (κ3) is 4.90. The van der Waals surface area contributed by atoms with Crippen molar-refractivity contribution in [1.29, 1.82) is 0 Å². The van der Waals surface area contributed by atoms with Crippen LogP contribution in [-0.4, -0.2) is 30.9 Å². The number of fused-ring (bicyclic) bond motifs is 1. The third-order valence-electron chi connectivity index (χ3n) is 5.84. The molecular weight excluding hydrogens is 476 g/mol. The van der Waals surface area contributed by atoms with Crippen LogP contribution in [0.1, 0.15) is 36.6 Å². The van der Waals surface area contributed by atoms with Crippen molar-refractivity contribution >= 4 is 23.4 Å². The van der Waals surface area contributed by atoms with Crippen LogP contribution in [0.15, 0.2) is 76.2 Å². The standard InChI is InChI=1S/C28H28N2O5S/c1-6-14-35-21-11-8-19(9-12-21)25-24(27(32)34-7-2)18(4)29-28-30(25)26(31)23(36-28)16-20-10-13-22(33-5)15-17(20)3/h6,8-13,15-16,25H,1,7,14H2,2-5H3/b23-16-. The number of aryl methyl sites for hydroxylation is 1. The largest absolute Gasteiger partial charge is 0.497 e. The molecule has 0 fully saturated rings. The molecular formula is C28H28N2O5S. The summed E-state index contributed by atoms with van der Waals surface area (Å²) in [6.45, 7) is 9.75. The number of allylic oxidation sites excluding steroid dienone is 1. The summed E-state index contributed by atoms with van der Waals surface area (Å²) in [4.78, 5) is 31.9. The van der Waals surface area contributed by atoms with Gasteiger partial charge in [-0.2, -0.15) is 0 Å². The number of hydrogen-bond acceptors (Lipinski definition) is 7. The van der Waals surface area contributed by atoms with E-state index in [4.69, 9.17) is 14.2 Å². The van der Waals surface area contributed by atoms with Crippen LogP contribution >= 0.6 is 11.3 Å². The summed E-state index contributed by atoms with van der Waals surface area (Å²) in [5.41, 5.74) is 3.29. The van der Waals surface area contributed by atoms with Crippen molar-refractivity contribution in [1.82, 2.24) is 4.57 Å². The summed E-state index contributed by atoms with van der Waals surface area (Å²) in [5.74, 6) is 0.928. The number of benzene rings is 2. The van der Waals surface area contributed by atoms with E-state index in [1.807, 2.05) is 55.5 Å². The van der Waals surface area contributed by atoms with Gasteiger partial charge >= 0.3 is 5.97 Å². The molecule has 0 N–H and O–H groups in total. The molecule has 0 spiro atoms. The Hall–Kier alpha value is -3.91. The van der Waals surface area contributed by atoms with Crippen molar-refractivity contribution < 1.29 is 19.0 Å². The van der Waals surface area contributed by atoms with Gasteiger partial charge in [-0.05, 0) is 67.8 Å². The fraction of sp³-hybridized carbons (Fsp3) is 0.250. The van der Waals surface area contributed by atoms with Gasteiger partial charge in [0.1, 0.15) is 18.1 Å². The van der Waals surface area contributed by atoms with Crippen LogP contribution in [-0.2, 0) is 9.53 Å². The van der Waals surface area contributed by atoms with E-state index in [-0.39, 0.29) is 12.2 Å². The first-order chi connectivity index (χ1) is 17.4. The molecule has 2 aromatic carbocycles. The Bertz CT molecular complexity index is 1510. The average molecular weight is 505 g/mol. The first-order valence-corrected chi connectivity index (χ1v) is 12.4. The molecule has 0 saturated heterocycles. The molecule has 1 aliphatic rings. The quantitative estimate of drug-likeness (QED) is 0.345. The lowest BCUT2D eigenvalue weighted by Gasteiger charge is -2.24. The van der Waals surface area contributed by atoms with Crippen LogP contribution in [0, 0.1) is 6.92 Å². The fourth-order valence-corrected chi connectivity index (χ4v) is 5.12. The van der Waals surface area contributed by atoms with Crippen LogP contribution in [0.3, 0.4) is 0 Å². The Morgan fingerprint density at radius 3 is 2.53 bits per heavy atom. The summed E-state index contributed by atoms with van der Waals surface area (Å²) in [6.07, 6.45) is 3.52. The van der Waals surface area contributed by atoms with Crippen molar-refractivity contribution in [3.63, 3.8) is 0 Å². The molecule has 8 heteroatoms. The maximum atomic E-state index is 13.7. The molecule has 0 aliphatic carbocycles. The van der Waals surface area contributed by atoms with Crippen LogP contribution < -0.4 is 24.4 Å². The lowest BCUT2D eigenvalue weighted by Crippen LogP contribution is -2.39. The zero-order chi connectivity index (χ0) is 25.8. The predicted octanol–water partition coefficient (Wildman–Crippen LogP) is 3.68. The Kier molecular flexibility index (Phi) is 7.55. The van der Waals surface area contributed by atoms with Gasteiger partial charge in [0.05, 0.1) is 35.6 Å². The number of carbonyl (C=O) groups is 1. The number of hydrogen-bond donors (Lipinski definition) is 0. The third-order valence-corrected chi connectivity index (χ3v) is 6.83. The lowest BCUT2D eigenvalue weighted by atomic mass is 9.96. The van der Waals surface area contributed by atoms with Gasteiger partial charge in [0.2, 0.25) is 0 Å². The van der Waals surface area contributed by atoms with Gasteiger partial charge in [-0.15, -0.1) is 0 Å². The maximum Gasteiger partial charge on any atom is 0.338 e. The zero-order valence-corrected chi connectivity index (χ0v) is 21.6. The Morgan fingerprint density at radius 1 is 1.17 bits per heavy atom.